The third-order valence-corrected chi connectivity index (χ3v) is 14.2. The molecule has 0 bridgehead atoms. The summed E-state index contributed by atoms with van der Waals surface area (Å²) in [5, 5.41) is 16.0. The van der Waals surface area contributed by atoms with Gasteiger partial charge in [0.1, 0.15) is 41.0 Å². The number of para-hydroxylation sites is 2. The fourth-order valence-corrected chi connectivity index (χ4v) is 10.7. The molecule has 0 radical (unpaired) electrons. The van der Waals surface area contributed by atoms with Crippen LogP contribution in [0.2, 0.25) is 0 Å². The lowest BCUT2D eigenvalue weighted by atomic mass is 9.80. The van der Waals surface area contributed by atoms with Gasteiger partial charge in [-0.3, -0.25) is 34.3 Å². The number of amides is 5. The molecule has 5 amide bonds. The Hall–Kier alpha value is -7.46. The summed E-state index contributed by atoms with van der Waals surface area (Å²) in [5.74, 6) is -1.50. The number of benzene rings is 2. The van der Waals surface area contributed by atoms with Crippen molar-refractivity contribution in [2.45, 2.75) is 129 Å². The normalized spacial score (nSPS) is 20.7. The number of piperazine rings is 1. The number of hydrogen-bond donors (Lipinski definition) is 1. The summed E-state index contributed by atoms with van der Waals surface area (Å²) >= 11 is 0. The van der Waals surface area contributed by atoms with Gasteiger partial charge in [0.05, 0.1) is 49.1 Å². The minimum atomic E-state index is -0.960. The highest BCUT2D eigenvalue weighted by atomic mass is 16.6. The molecule has 1 saturated carbocycles. The van der Waals surface area contributed by atoms with E-state index in [4.69, 9.17) is 23.7 Å². The minimum Gasteiger partial charge on any atom is -0.489 e. The first-order valence-electron chi connectivity index (χ1n) is 26.6. The molecule has 2 aromatic carbocycles. The number of ether oxygens (including phenoxy) is 5. The van der Waals surface area contributed by atoms with E-state index in [-0.39, 0.29) is 66.7 Å². The summed E-state index contributed by atoms with van der Waals surface area (Å²) in [5.41, 5.74) is 1.59. The highest BCUT2D eigenvalue weighted by Gasteiger charge is 2.45. The Kier molecular flexibility index (Phi) is 16.2. The van der Waals surface area contributed by atoms with Crippen molar-refractivity contribution in [2.75, 3.05) is 74.1 Å². The van der Waals surface area contributed by atoms with E-state index in [2.05, 4.69) is 31.6 Å². The summed E-state index contributed by atoms with van der Waals surface area (Å²) in [4.78, 5) is 101. The molecule has 4 aliphatic heterocycles. The topological polar surface area (TPSA) is 237 Å². The summed E-state index contributed by atoms with van der Waals surface area (Å²) in [6, 6.07) is 13.7. The largest absolute Gasteiger partial charge is 0.489 e. The van der Waals surface area contributed by atoms with Crippen LogP contribution in [0.15, 0.2) is 60.9 Å². The van der Waals surface area contributed by atoms with E-state index in [9.17, 15) is 33.6 Å². The molecule has 1 aliphatic carbocycles. The lowest BCUT2D eigenvalue weighted by Gasteiger charge is -2.43. The standard InChI is InChI=1S/C55H68N10O12/c1-54(2,3)76-52(71)57-50-43(29-40(58-59-50)39-13-8-9-16-44(39)75-48(69)34-74-47(68)33-60-23-10-7-11-24-60)64-31-37(30-56-64)62-26-25-61(32-46(62)67)36-19-17-35(18-20-36)38-14-12-15-41-49(38)73-28-27-63(41)42-21-22-45(66)65(51(42)70)53(72)77-55(4,5)6/h8-9,12-16,29-31,35-36,42H,7,10-11,17-28,32-34H2,1-6H3,(H,57,59,71)/t35?,36?,42-/m0/s1. The molecule has 0 spiro atoms. The van der Waals surface area contributed by atoms with Crippen LogP contribution >= 0.6 is 0 Å². The van der Waals surface area contributed by atoms with Crippen molar-refractivity contribution in [3.8, 4) is 28.4 Å². The van der Waals surface area contributed by atoms with E-state index in [1.54, 1.807) is 89.2 Å². The first-order chi connectivity index (χ1) is 36.8. The Balaban J connectivity index is 0.847. The predicted molar refractivity (Wildman–Crippen MR) is 281 cm³/mol. The average molecular weight is 1060 g/mol. The van der Waals surface area contributed by atoms with Crippen LogP contribution in [0.4, 0.5) is 26.8 Å². The highest BCUT2D eigenvalue weighted by Crippen LogP contribution is 2.45. The van der Waals surface area contributed by atoms with Gasteiger partial charge in [0.2, 0.25) is 11.8 Å². The number of nitrogens with one attached hydrogen (secondary N) is 1. The van der Waals surface area contributed by atoms with E-state index < -0.39 is 59.8 Å². The number of esters is 2. The van der Waals surface area contributed by atoms with Crippen LogP contribution < -0.4 is 24.6 Å². The molecule has 4 fully saturated rings. The van der Waals surface area contributed by atoms with Crippen LogP contribution in [-0.4, -0.2) is 159 Å². The molecule has 3 saturated heterocycles. The van der Waals surface area contributed by atoms with Gasteiger partial charge in [0.15, 0.2) is 12.4 Å². The van der Waals surface area contributed by atoms with Gasteiger partial charge in [-0.05, 0) is 135 Å². The smallest absolute Gasteiger partial charge is 0.424 e. The fourth-order valence-electron chi connectivity index (χ4n) is 10.7. The maximum atomic E-state index is 14.0. The molecule has 1 N–H and O–H groups in total. The van der Waals surface area contributed by atoms with Gasteiger partial charge >= 0.3 is 24.1 Å². The Labute approximate surface area is 447 Å². The molecule has 22 nitrogen and oxygen atoms in total. The van der Waals surface area contributed by atoms with Gasteiger partial charge in [0.25, 0.3) is 5.91 Å². The number of carbonyl (C=O) groups excluding carboxylic acids is 7. The quantitative estimate of drug-likeness (QED) is 0.0677. The lowest BCUT2D eigenvalue weighted by molar-refractivity contribution is -0.154. The van der Waals surface area contributed by atoms with Gasteiger partial charge in [0, 0.05) is 31.1 Å². The van der Waals surface area contributed by atoms with Crippen LogP contribution in [0.3, 0.4) is 0 Å². The number of nitrogens with zero attached hydrogens (tertiary/aromatic N) is 9. The van der Waals surface area contributed by atoms with Crippen LogP contribution in [0.1, 0.15) is 111 Å². The second-order valence-corrected chi connectivity index (χ2v) is 22.1. The third-order valence-electron chi connectivity index (χ3n) is 14.2. The SMILES string of the molecule is CC(C)(C)OC(=O)Nc1nnc(-c2ccccc2OC(=O)COC(=O)CN2CCCCC2)cc1-n1cc(N2CCN(C3CCC(c4cccc5c4OCCN5[C@H]4CCC(=O)N(C(=O)OC(C)(C)C)C4=O)CC3)CC2=O)cn1. The second-order valence-electron chi connectivity index (χ2n) is 22.1. The molecular formula is C55H68N10O12. The van der Waals surface area contributed by atoms with Crippen molar-refractivity contribution in [2.24, 2.45) is 0 Å². The van der Waals surface area contributed by atoms with Crippen molar-refractivity contribution < 1.29 is 57.2 Å². The monoisotopic (exact) mass is 1060 g/mol. The number of anilines is 3. The second kappa shape index (κ2) is 23.0. The van der Waals surface area contributed by atoms with Crippen molar-refractivity contribution in [1.29, 1.82) is 0 Å². The number of likely N-dealkylation sites (tertiary alicyclic amines) is 2. The van der Waals surface area contributed by atoms with Crippen LogP contribution in [-0.2, 0) is 38.2 Å². The molecule has 4 aromatic rings. The number of imide groups is 3. The van der Waals surface area contributed by atoms with E-state index in [0.717, 1.165) is 75.0 Å². The zero-order valence-electron chi connectivity index (χ0n) is 44.7. The maximum absolute atomic E-state index is 14.0. The molecule has 6 heterocycles. The molecule has 2 aromatic heterocycles. The molecule has 410 valence electrons. The average Bonchev–Trinajstić information content (AvgIpc) is 3.92. The van der Waals surface area contributed by atoms with Gasteiger partial charge < -0.3 is 33.5 Å². The Morgan fingerprint density at radius 2 is 1.53 bits per heavy atom. The van der Waals surface area contributed by atoms with Gasteiger partial charge in [-0.15, -0.1) is 10.2 Å². The maximum Gasteiger partial charge on any atom is 0.424 e. The molecule has 5 aliphatic rings. The molecule has 0 unspecified atom stereocenters. The number of hydrogen-bond acceptors (Lipinski definition) is 18. The zero-order valence-corrected chi connectivity index (χ0v) is 44.7. The Bertz CT molecular complexity index is 2880. The summed E-state index contributed by atoms with van der Waals surface area (Å²) in [6.45, 7) is 13.4. The number of aromatic nitrogens is 4. The number of piperidine rings is 2. The molecule has 22 heteroatoms. The number of rotatable bonds is 12. The summed E-state index contributed by atoms with van der Waals surface area (Å²) in [7, 11) is 0. The van der Waals surface area contributed by atoms with Crippen molar-refractivity contribution in [3.05, 3.63) is 66.5 Å². The fraction of sp³-hybridized carbons (Fsp3) is 0.527. The van der Waals surface area contributed by atoms with Gasteiger partial charge in [-0.1, -0.05) is 30.7 Å². The van der Waals surface area contributed by atoms with Crippen molar-refractivity contribution in [3.63, 3.8) is 0 Å². The van der Waals surface area contributed by atoms with E-state index in [1.165, 1.54) is 4.68 Å². The minimum absolute atomic E-state index is 0.0167. The highest BCUT2D eigenvalue weighted by molar-refractivity contribution is 6.13. The van der Waals surface area contributed by atoms with Gasteiger partial charge in [-0.2, -0.15) is 10.00 Å². The Morgan fingerprint density at radius 3 is 2.27 bits per heavy atom. The third kappa shape index (κ3) is 13.0. The predicted octanol–water partition coefficient (Wildman–Crippen LogP) is 6.64. The summed E-state index contributed by atoms with van der Waals surface area (Å²) in [6.07, 6.45) is 8.40. The van der Waals surface area contributed by atoms with E-state index in [0.29, 0.717) is 42.4 Å². The molecule has 1 atom stereocenters. The molecule has 77 heavy (non-hydrogen) atoms. The van der Waals surface area contributed by atoms with Crippen LogP contribution in [0.5, 0.6) is 11.5 Å². The van der Waals surface area contributed by atoms with E-state index in [1.807, 2.05) is 21.9 Å². The van der Waals surface area contributed by atoms with Crippen LogP contribution in [0.25, 0.3) is 16.9 Å². The number of carbonyl (C=O) groups is 7. The first-order valence-corrected chi connectivity index (χ1v) is 26.6. The van der Waals surface area contributed by atoms with Gasteiger partial charge in [-0.25, -0.2) is 19.1 Å². The van der Waals surface area contributed by atoms with E-state index >= 15 is 0 Å². The number of fused-ring (bicyclic) bond motifs is 1. The lowest BCUT2D eigenvalue weighted by Crippen LogP contribution is -2.58. The van der Waals surface area contributed by atoms with Crippen molar-refractivity contribution in [1.82, 2.24) is 34.7 Å². The summed E-state index contributed by atoms with van der Waals surface area (Å²) < 4.78 is 29.7. The van der Waals surface area contributed by atoms with Crippen LogP contribution in [0, 0.1) is 0 Å². The Morgan fingerprint density at radius 1 is 0.779 bits per heavy atom. The molecule has 9 rings (SSSR count). The van der Waals surface area contributed by atoms with Crippen molar-refractivity contribution >= 4 is 59.0 Å². The zero-order chi connectivity index (χ0) is 54.6. The first kappa shape index (κ1) is 54.3. The molecular weight excluding hydrogens is 993 g/mol.